The van der Waals surface area contributed by atoms with Crippen LogP contribution in [0.2, 0.25) is 0 Å². The maximum absolute atomic E-state index is 11.9. The van der Waals surface area contributed by atoms with Crippen LogP contribution in [0.4, 0.5) is 0 Å². The summed E-state index contributed by atoms with van der Waals surface area (Å²) < 4.78 is 0. The minimum absolute atomic E-state index is 0. The van der Waals surface area contributed by atoms with Crippen molar-refractivity contribution < 1.29 is 4.79 Å². The molecule has 0 unspecified atom stereocenters. The summed E-state index contributed by atoms with van der Waals surface area (Å²) in [6.07, 6.45) is 0. The van der Waals surface area contributed by atoms with Crippen molar-refractivity contribution >= 4 is 58.5 Å². The molecule has 3 N–H and O–H groups in total. The highest BCUT2D eigenvalue weighted by Gasteiger charge is 2.10. The predicted octanol–water partition coefficient (Wildman–Crippen LogP) is 2.23. The van der Waals surface area contributed by atoms with E-state index in [2.05, 4.69) is 37.4 Å². The largest absolute Gasteiger partial charge is 0.355 e. The number of thiophene rings is 1. The van der Waals surface area contributed by atoms with Crippen molar-refractivity contribution in [2.24, 2.45) is 4.99 Å². The van der Waals surface area contributed by atoms with Crippen molar-refractivity contribution in [2.75, 3.05) is 20.1 Å². The Balaban J connectivity index is 0.00000264. The molecule has 0 aliphatic rings. The van der Waals surface area contributed by atoms with Gasteiger partial charge in [-0.05, 0) is 29.3 Å². The highest BCUT2D eigenvalue weighted by molar-refractivity contribution is 14.0. The van der Waals surface area contributed by atoms with E-state index in [0.717, 1.165) is 18.2 Å². The molecule has 2 aromatic rings. The van der Waals surface area contributed by atoms with E-state index >= 15 is 0 Å². The molecule has 23 heavy (non-hydrogen) atoms. The van der Waals surface area contributed by atoms with Gasteiger partial charge in [-0.3, -0.25) is 9.79 Å². The van der Waals surface area contributed by atoms with Gasteiger partial charge in [0.15, 0.2) is 5.96 Å². The molecular formula is C14H20IN5OS2. The zero-order valence-corrected chi connectivity index (χ0v) is 16.9. The summed E-state index contributed by atoms with van der Waals surface area (Å²) in [5.41, 5.74) is 3.67. The van der Waals surface area contributed by atoms with Crippen LogP contribution >= 0.6 is 46.7 Å². The molecule has 0 atom stereocenters. The first kappa shape index (κ1) is 19.8. The third-order valence-electron chi connectivity index (χ3n) is 2.92. The molecule has 0 radical (unpaired) electrons. The molecule has 0 aliphatic carbocycles. The number of hydrogen-bond donors (Lipinski definition) is 3. The van der Waals surface area contributed by atoms with E-state index in [1.807, 2.05) is 12.3 Å². The Morgan fingerprint density at radius 2 is 2.09 bits per heavy atom. The highest BCUT2D eigenvalue weighted by atomic mass is 127. The Hall–Kier alpha value is -1.20. The summed E-state index contributed by atoms with van der Waals surface area (Å²) >= 11 is 3.03. The maximum Gasteiger partial charge on any atom is 0.263 e. The fraction of sp³-hybridized carbons (Fsp3) is 0.357. The Morgan fingerprint density at radius 1 is 1.30 bits per heavy atom. The Morgan fingerprint density at radius 3 is 2.70 bits per heavy atom. The van der Waals surface area contributed by atoms with Gasteiger partial charge in [0.25, 0.3) is 5.91 Å². The number of amides is 1. The van der Waals surface area contributed by atoms with Gasteiger partial charge in [0.05, 0.1) is 11.2 Å². The highest BCUT2D eigenvalue weighted by Crippen LogP contribution is 2.11. The molecular weight excluding hydrogens is 445 g/mol. The summed E-state index contributed by atoms with van der Waals surface area (Å²) in [4.78, 5) is 20.8. The number of carbonyl (C=O) groups excluding carboxylic acids is 1. The van der Waals surface area contributed by atoms with Gasteiger partial charge in [0, 0.05) is 26.7 Å². The lowest BCUT2D eigenvalue weighted by Crippen LogP contribution is -2.41. The average Bonchev–Trinajstić information content (AvgIpc) is 3.17. The zero-order valence-electron chi connectivity index (χ0n) is 13.0. The van der Waals surface area contributed by atoms with Gasteiger partial charge in [0.1, 0.15) is 4.88 Å². The van der Waals surface area contributed by atoms with Crippen LogP contribution in [0.25, 0.3) is 0 Å². The third kappa shape index (κ3) is 6.43. The zero-order chi connectivity index (χ0) is 15.8. The van der Waals surface area contributed by atoms with Gasteiger partial charge in [-0.1, -0.05) is 0 Å². The van der Waals surface area contributed by atoms with Crippen molar-refractivity contribution in [1.82, 2.24) is 20.9 Å². The van der Waals surface area contributed by atoms with Crippen molar-refractivity contribution in [3.63, 3.8) is 0 Å². The fourth-order valence-corrected chi connectivity index (χ4v) is 3.14. The normalized spacial score (nSPS) is 10.8. The number of aryl methyl sites for hydroxylation is 1. The average molecular weight is 465 g/mol. The molecule has 0 saturated carbocycles. The number of hydrogen-bond acceptors (Lipinski definition) is 5. The SMILES string of the molecule is CN=C(NCCNC(=O)c1scnc1C)NCc1ccsc1.I. The molecule has 1 amide bonds. The number of halogens is 1. The second-order valence-electron chi connectivity index (χ2n) is 4.51. The van der Waals surface area contributed by atoms with Crippen LogP contribution in [0.15, 0.2) is 27.3 Å². The minimum atomic E-state index is -0.0805. The van der Waals surface area contributed by atoms with Crippen LogP contribution in [-0.4, -0.2) is 37.0 Å². The number of rotatable bonds is 6. The number of aliphatic imine (C=N–C) groups is 1. The smallest absolute Gasteiger partial charge is 0.263 e. The molecule has 0 fully saturated rings. The van der Waals surface area contributed by atoms with E-state index in [-0.39, 0.29) is 29.9 Å². The summed E-state index contributed by atoms with van der Waals surface area (Å²) in [5, 5.41) is 13.4. The van der Waals surface area contributed by atoms with Crippen molar-refractivity contribution in [3.8, 4) is 0 Å². The van der Waals surface area contributed by atoms with E-state index in [1.54, 1.807) is 23.9 Å². The molecule has 0 bridgehead atoms. The van der Waals surface area contributed by atoms with Gasteiger partial charge >= 0.3 is 0 Å². The van der Waals surface area contributed by atoms with Crippen LogP contribution in [0, 0.1) is 6.92 Å². The summed E-state index contributed by atoms with van der Waals surface area (Å²) in [6.45, 7) is 3.69. The van der Waals surface area contributed by atoms with Crippen LogP contribution in [0.3, 0.4) is 0 Å². The molecule has 0 aliphatic heterocycles. The van der Waals surface area contributed by atoms with E-state index < -0.39 is 0 Å². The van der Waals surface area contributed by atoms with Gasteiger partial charge in [-0.25, -0.2) is 4.98 Å². The molecule has 0 saturated heterocycles. The molecule has 2 heterocycles. The lowest BCUT2D eigenvalue weighted by Gasteiger charge is -2.11. The van der Waals surface area contributed by atoms with Gasteiger partial charge < -0.3 is 16.0 Å². The first-order valence-corrected chi connectivity index (χ1v) is 8.67. The van der Waals surface area contributed by atoms with Crippen LogP contribution in [-0.2, 0) is 6.54 Å². The van der Waals surface area contributed by atoms with E-state index in [1.165, 1.54) is 16.9 Å². The molecule has 6 nitrogen and oxygen atoms in total. The fourth-order valence-electron chi connectivity index (χ4n) is 1.76. The van der Waals surface area contributed by atoms with Crippen molar-refractivity contribution in [3.05, 3.63) is 38.5 Å². The first-order valence-electron chi connectivity index (χ1n) is 6.84. The summed E-state index contributed by atoms with van der Waals surface area (Å²) in [6, 6.07) is 2.07. The number of guanidine groups is 1. The number of nitrogens with one attached hydrogen (secondary N) is 3. The molecule has 0 spiro atoms. The van der Waals surface area contributed by atoms with Gasteiger partial charge in [-0.15, -0.1) is 35.3 Å². The second-order valence-corrected chi connectivity index (χ2v) is 6.14. The quantitative estimate of drug-likeness (QED) is 0.265. The maximum atomic E-state index is 11.9. The predicted molar refractivity (Wildman–Crippen MR) is 107 cm³/mol. The summed E-state index contributed by atoms with van der Waals surface area (Å²) in [7, 11) is 1.72. The lowest BCUT2D eigenvalue weighted by molar-refractivity contribution is 0.0957. The first-order chi connectivity index (χ1) is 10.7. The topological polar surface area (TPSA) is 78.4 Å². The van der Waals surface area contributed by atoms with Crippen molar-refractivity contribution in [2.45, 2.75) is 13.5 Å². The number of nitrogens with zero attached hydrogens (tertiary/aromatic N) is 2. The Labute approximate surface area is 160 Å². The minimum Gasteiger partial charge on any atom is -0.355 e. The Bertz CT molecular complexity index is 627. The van der Waals surface area contributed by atoms with Crippen LogP contribution < -0.4 is 16.0 Å². The van der Waals surface area contributed by atoms with Gasteiger partial charge in [-0.2, -0.15) is 11.3 Å². The molecule has 0 aromatic carbocycles. The van der Waals surface area contributed by atoms with E-state index in [9.17, 15) is 4.79 Å². The third-order valence-corrected chi connectivity index (χ3v) is 4.58. The molecule has 2 rings (SSSR count). The molecule has 126 valence electrons. The summed E-state index contributed by atoms with van der Waals surface area (Å²) in [5.74, 6) is 0.637. The van der Waals surface area contributed by atoms with Crippen LogP contribution in [0.5, 0.6) is 0 Å². The molecule has 9 heteroatoms. The monoisotopic (exact) mass is 465 g/mol. The Kier molecular flexibility index (Phi) is 9.10. The second kappa shape index (κ2) is 10.6. The number of aromatic nitrogens is 1. The van der Waals surface area contributed by atoms with Gasteiger partial charge in [0.2, 0.25) is 0 Å². The lowest BCUT2D eigenvalue weighted by atomic mass is 10.3. The van der Waals surface area contributed by atoms with E-state index in [4.69, 9.17) is 0 Å². The number of carbonyl (C=O) groups is 1. The molecule has 2 aromatic heterocycles. The van der Waals surface area contributed by atoms with E-state index in [0.29, 0.717) is 18.0 Å². The standard InChI is InChI=1S/C14H19N5OS2.HI/c1-10-12(22-9-19-10)13(20)16-4-5-17-14(15-2)18-7-11-3-6-21-8-11;/h3,6,8-9H,4-5,7H2,1-2H3,(H,16,20)(H2,15,17,18);1H. The van der Waals surface area contributed by atoms with Crippen molar-refractivity contribution in [1.29, 1.82) is 0 Å². The van der Waals surface area contributed by atoms with Crippen LogP contribution in [0.1, 0.15) is 20.9 Å². The number of thiazole rings is 1.